The lowest BCUT2D eigenvalue weighted by Gasteiger charge is -2.24. The highest BCUT2D eigenvalue weighted by molar-refractivity contribution is 7.99. The minimum atomic E-state index is -4.07. The Balaban J connectivity index is 2.15. The predicted octanol–water partition coefficient (Wildman–Crippen LogP) is 0.192. The highest BCUT2D eigenvalue weighted by Gasteiger charge is 2.41. The summed E-state index contributed by atoms with van der Waals surface area (Å²) < 4.78 is 32.3. The smallest absolute Gasteiger partial charge is 0.277 e. The molecule has 0 aliphatic carbocycles. The number of hydrogen-bond donors (Lipinski definition) is 3. The van der Waals surface area contributed by atoms with Crippen molar-refractivity contribution in [3.8, 4) is 5.75 Å². The number of aliphatic hydroxyl groups is 1. The second-order valence-electron chi connectivity index (χ2n) is 6.28. The highest BCUT2D eigenvalue weighted by atomic mass is 32.2. The number of carbonyl (C=O) groups excluding carboxylic acids is 1. The van der Waals surface area contributed by atoms with Crippen LogP contribution < -0.4 is 10.2 Å². The van der Waals surface area contributed by atoms with Gasteiger partial charge in [0, 0.05) is 12.8 Å². The number of thioether (sulfide) groups is 1. The Hall–Kier alpha value is -2.22. The van der Waals surface area contributed by atoms with Gasteiger partial charge in [0.2, 0.25) is 5.16 Å². The molecule has 0 saturated carbocycles. The number of carbonyl (C=O) groups is 1. The van der Waals surface area contributed by atoms with E-state index in [4.69, 9.17) is 9.94 Å². The van der Waals surface area contributed by atoms with Crippen LogP contribution in [0.4, 0.5) is 0 Å². The zero-order valence-electron chi connectivity index (χ0n) is 16.0. The Morgan fingerprint density at radius 1 is 1.34 bits per heavy atom. The average molecular weight is 446 g/mol. The fourth-order valence-electron chi connectivity index (χ4n) is 2.28. The molecule has 0 bridgehead atoms. The number of aromatic nitrogens is 4. The molecular formula is C16H23N5O6S2. The summed E-state index contributed by atoms with van der Waals surface area (Å²) in [6, 6.07) is 5.70. The lowest BCUT2D eigenvalue weighted by atomic mass is 10.1. The Bertz CT molecular complexity index is 918. The number of ether oxygens (including phenoxy) is 1. The Morgan fingerprint density at radius 3 is 2.59 bits per heavy atom. The van der Waals surface area contributed by atoms with Crippen molar-refractivity contribution in [3.05, 3.63) is 24.3 Å². The van der Waals surface area contributed by atoms with Crippen LogP contribution in [0.15, 0.2) is 34.3 Å². The third-order valence-electron chi connectivity index (χ3n) is 3.92. The van der Waals surface area contributed by atoms with Crippen LogP contribution in [0.25, 0.3) is 0 Å². The normalized spacial score (nSPS) is 13.7. The molecule has 0 saturated heterocycles. The van der Waals surface area contributed by atoms with Crippen LogP contribution in [0.5, 0.6) is 5.75 Å². The number of hydrogen-bond acceptors (Lipinski definition) is 10. The fourth-order valence-corrected chi connectivity index (χ4v) is 4.91. The molecule has 1 atom stereocenters. The van der Waals surface area contributed by atoms with Crippen molar-refractivity contribution in [1.29, 1.82) is 0 Å². The van der Waals surface area contributed by atoms with E-state index in [0.29, 0.717) is 12.4 Å². The van der Waals surface area contributed by atoms with E-state index in [1.54, 1.807) is 7.05 Å². The quantitative estimate of drug-likeness (QED) is 0.189. The predicted molar refractivity (Wildman–Crippen MR) is 103 cm³/mol. The van der Waals surface area contributed by atoms with E-state index >= 15 is 0 Å². The summed E-state index contributed by atoms with van der Waals surface area (Å²) in [5.74, 6) is -2.07. The van der Waals surface area contributed by atoms with E-state index in [1.807, 2.05) is 6.92 Å². The topological polar surface area (TPSA) is 157 Å². The van der Waals surface area contributed by atoms with E-state index < -0.39 is 32.9 Å². The van der Waals surface area contributed by atoms with Gasteiger partial charge < -0.3 is 9.84 Å². The first kappa shape index (κ1) is 23.1. The Kier molecular flexibility index (Phi) is 7.96. The van der Waals surface area contributed by atoms with E-state index in [-0.39, 0.29) is 10.1 Å². The van der Waals surface area contributed by atoms with Crippen LogP contribution in [-0.4, -0.2) is 68.6 Å². The number of nitrogens with one attached hydrogen (secondary N) is 1. The fraction of sp³-hybridized carbons (Fsp3) is 0.500. The molecule has 0 fully saturated rings. The second kappa shape index (κ2) is 10.0. The van der Waals surface area contributed by atoms with Crippen LogP contribution in [0, 0.1) is 0 Å². The third kappa shape index (κ3) is 6.13. The second-order valence-corrected chi connectivity index (χ2v) is 9.21. The van der Waals surface area contributed by atoms with Gasteiger partial charge in [-0.15, -0.1) is 5.10 Å². The molecule has 3 N–H and O–H groups in total. The molecule has 1 unspecified atom stereocenters. The van der Waals surface area contributed by atoms with Gasteiger partial charge in [0.25, 0.3) is 5.91 Å². The summed E-state index contributed by atoms with van der Waals surface area (Å²) in [5.41, 5.74) is -1.10. The number of rotatable bonds is 11. The van der Waals surface area contributed by atoms with Gasteiger partial charge in [-0.1, -0.05) is 25.1 Å². The van der Waals surface area contributed by atoms with Gasteiger partial charge in [-0.2, -0.15) is 0 Å². The summed E-state index contributed by atoms with van der Waals surface area (Å²) in [5, 5.41) is 30.6. The van der Waals surface area contributed by atoms with Gasteiger partial charge in [0.1, 0.15) is 5.75 Å². The minimum absolute atomic E-state index is 0.0881. The van der Waals surface area contributed by atoms with E-state index in [2.05, 4.69) is 15.5 Å². The molecular weight excluding hydrogens is 422 g/mol. The summed E-state index contributed by atoms with van der Waals surface area (Å²) >= 11 is 0.874. The van der Waals surface area contributed by atoms with E-state index in [1.165, 1.54) is 34.4 Å². The van der Waals surface area contributed by atoms with Crippen LogP contribution in [-0.2, 0) is 21.7 Å². The largest absolute Gasteiger partial charge is 0.494 e. The maximum Gasteiger partial charge on any atom is 0.277 e. The van der Waals surface area contributed by atoms with Crippen LogP contribution in [0.1, 0.15) is 19.8 Å². The monoisotopic (exact) mass is 445 g/mol. The molecule has 11 nitrogen and oxygen atoms in total. The molecule has 160 valence electrons. The van der Waals surface area contributed by atoms with Gasteiger partial charge in [-0.3, -0.25) is 10.0 Å². The van der Waals surface area contributed by atoms with E-state index in [9.17, 15) is 18.3 Å². The molecule has 0 aliphatic heterocycles. The summed E-state index contributed by atoms with van der Waals surface area (Å²) in [6.07, 6.45) is 1.85. The summed E-state index contributed by atoms with van der Waals surface area (Å²) in [6.45, 7) is 2.55. The van der Waals surface area contributed by atoms with Crippen LogP contribution in [0.3, 0.4) is 0 Å². The zero-order chi connectivity index (χ0) is 21.5. The molecule has 2 rings (SSSR count). The van der Waals surface area contributed by atoms with Crippen molar-refractivity contribution in [2.45, 2.75) is 35.4 Å². The minimum Gasteiger partial charge on any atom is -0.494 e. The van der Waals surface area contributed by atoms with Crippen LogP contribution >= 0.6 is 11.8 Å². The maximum atomic E-state index is 12.8. The Labute approximate surface area is 172 Å². The maximum absolute atomic E-state index is 12.8. The molecule has 1 heterocycles. The van der Waals surface area contributed by atoms with E-state index in [0.717, 1.165) is 24.6 Å². The summed E-state index contributed by atoms with van der Waals surface area (Å²) in [4.78, 5) is 11.9. The molecule has 1 aromatic carbocycles. The highest BCUT2D eigenvalue weighted by Crippen LogP contribution is 2.25. The number of tetrazole rings is 1. The SMILES string of the molecule is CCCCOc1ccc(S(=O)(=O)CC(O)(CSc2nnnn2C)C(=O)NO)cc1. The lowest BCUT2D eigenvalue weighted by molar-refractivity contribution is -0.144. The zero-order valence-corrected chi connectivity index (χ0v) is 17.6. The molecule has 1 amide bonds. The molecule has 29 heavy (non-hydrogen) atoms. The first-order chi connectivity index (χ1) is 13.7. The standard InChI is InChI=1S/C16H23N5O6S2/c1-3-4-9-27-12-5-7-13(8-6-12)29(25,26)11-16(23,14(22)18-24)10-28-15-17-19-20-21(15)2/h5-8,23-24H,3-4,9-11H2,1-2H3,(H,18,22). The van der Waals surface area contributed by atoms with Crippen molar-refractivity contribution in [3.63, 3.8) is 0 Å². The first-order valence-corrected chi connectivity index (χ1v) is 11.3. The Morgan fingerprint density at radius 2 is 2.03 bits per heavy atom. The van der Waals surface area contributed by atoms with Gasteiger partial charge in [-0.05, 0) is 41.1 Å². The molecule has 1 aromatic heterocycles. The van der Waals surface area contributed by atoms with Crippen molar-refractivity contribution in [2.75, 3.05) is 18.1 Å². The first-order valence-electron chi connectivity index (χ1n) is 8.69. The molecule has 2 aromatic rings. The molecule has 0 radical (unpaired) electrons. The van der Waals surface area contributed by atoms with Crippen molar-refractivity contribution >= 4 is 27.5 Å². The number of nitrogens with zero attached hydrogens (tertiary/aromatic N) is 4. The third-order valence-corrected chi connectivity index (χ3v) is 7.00. The lowest BCUT2D eigenvalue weighted by Crippen LogP contribution is -2.52. The number of aryl methyl sites for hydroxylation is 1. The van der Waals surface area contributed by atoms with Crippen molar-refractivity contribution < 1.29 is 28.3 Å². The number of amides is 1. The average Bonchev–Trinajstić information content (AvgIpc) is 3.11. The van der Waals surface area contributed by atoms with Gasteiger partial charge >= 0.3 is 0 Å². The molecule has 13 heteroatoms. The van der Waals surface area contributed by atoms with Gasteiger partial charge in [0.15, 0.2) is 15.4 Å². The number of unbranched alkanes of at least 4 members (excludes halogenated alkanes) is 1. The number of sulfone groups is 1. The van der Waals surface area contributed by atoms with Crippen molar-refractivity contribution in [2.24, 2.45) is 7.05 Å². The number of hydroxylamine groups is 1. The van der Waals surface area contributed by atoms with Gasteiger partial charge in [-0.25, -0.2) is 18.6 Å². The number of benzene rings is 1. The summed E-state index contributed by atoms with van der Waals surface area (Å²) in [7, 11) is -2.52. The van der Waals surface area contributed by atoms with Gasteiger partial charge in [0.05, 0.1) is 17.3 Å². The van der Waals surface area contributed by atoms with Crippen LogP contribution in [0.2, 0.25) is 0 Å². The van der Waals surface area contributed by atoms with Crippen molar-refractivity contribution in [1.82, 2.24) is 25.7 Å². The molecule has 0 spiro atoms. The molecule has 0 aliphatic rings.